The van der Waals surface area contributed by atoms with E-state index in [4.69, 9.17) is 33.5 Å². The molecule has 1 aliphatic heterocycles. The zero-order valence-electron chi connectivity index (χ0n) is 18.9. The molecule has 172 valence electrons. The molecule has 1 aliphatic carbocycles. The van der Waals surface area contributed by atoms with Crippen molar-refractivity contribution in [1.82, 2.24) is 15.3 Å². The van der Waals surface area contributed by atoms with Crippen molar-refractivity contribution >= 4 is 40.7 Å². The largest absolute Gasteiger partial charge is 0.481 e. The number of hydrogen-bond acceptors (Lipinski definition) is 5. The number of anilines is 2. The molecule has 1 aromatic heterocycles. The highest BCUT2D eigenvalue weighted by Gasteiger charge is 2.35. The lowest BCUT2D eigenvalue weighted by molar-refractivity contribution is 0.396. The van der Waals surface area contributed by atoms with Crippen LogP contribution in [0.4, 0.5) is 11.8 Å². The molecule has 2 heterocycles. The molecule has 1 atom stereocenters. The second-order valence-electron chi connectivity index (χ2n) is 9.09. The lowest BCUT2D eigenvalue weighted by Gasteiger charge is -2.32. The summed E-state index contributed by atoms with van der Waals surface area (Å²) in [5.41, 5.74) is 1.32. The van der Waals surface area contributed by atoms with Gasteiger partial charge in [0, 0.05) is 36.1 Å². The molecular weight excluding hydrogens is 442 g/mol. The van der Waals surface area contributed by atoms with Crippen molar-refractivity contribution in [2.24, 2.45) is 5.92 Å². The molecule has 0 unspecified atom stereocenters. The van der Waals surface area contributed by atoms with Crippen molar-refractivity contribution in [1.29, 1.82) is 0 Å². The maximum Gasteiger partial charge on any atom is 0.234 e. The van der Waals surface area contributed by atoms with E-state index in [1.165, 1.54) is 31.2 Å². The molecule has 0 radical (unpaired) electrons. The molecule has 1 saturated heterocycles. The number of hydrogen-bond donors (Lipinski definition) is 2. The molecule has 1 saturated carbocycles. The van der Waals surface area contributed by atoms with Crippen LogP contribution in [-0.2, 0) is 5.41 Å². The summed E-state index contributed by atoms with van der Waals surface area (Å²) in [6.07, 6.45) is 7.09. The van der Waals surface area contributed by atoms with Gasteiger partial charge in [-0.1, -0.05) is 43.5 Å². The Bertz CT molecular complexity index is 950. The standard InChI is InChI=1S/C24H32ClN5OS/c1-17-7-6-12-30(15-17)20-14-21(31-2)28-22(27-20)29-23(32)26-16-24(10-3-4-11-24)18-8-5-9-19(25)13-18/h5,8-9,13-14,17H,3-4,6-7,10-12,15-16H2,1-2H3,(H2,26,27,28,29,32)/t17-/m1/s1. The molecule has 2 N–H and O–H groups in total. The quantitative estimate of drug-likeness (QED) is 0.561. The number of nitrogens with zero attached hydrogens (tertiary/aromatic N) is 3. The number of piperidine rings is 1. The molecule has 4 rings (SSSR count). The van der Waals surface area contributed by atoms with E-state index >= 15 is 0 Å². The van der Waals surface area contributed by atoms with Crippen LogP contribution in [0.1, 0.15) is 51.0 Å². The Morgan fingerprint density at radius 1 is 1.25 bits per heavy atom. The highest BCUT2D eigenvalue weighted by molar-refractivity contribution is 7.80. The van der Waals surface area contributed by atoms with E-state index in [0.717, 1.165) is 43.3 Å². The van der Waals surface area contributed by atoms with Gasteiger partial charge >= 0.3 is 0 Å². The fourth-order valence-electron chi connectivity index (χ4n) is 4.97. The van der Waals surface area contributed by atoms with Crippen molar-refractivity contribution in [3.63, 3.8) is 0 Å². The smallest absolute Gasteiger partial charge is 0.234 e. The second kappa shape index (κ2) is 10.2. The van der Waals surface area contributed by atoms with Crippen LogP contribution in [0, 0.1) is 5.92 Å². The normalized spacial score (nSPS) is 20.1. The Kier molecular flexibility index (Phi) is 7.36. The molecule has 2 aliphatic rings. The van der Waals surface area contributed by atoms with Crippen molar-refractivity contribution in [2.75, 3.05) is 37.0 Å². The number of nitrogens with one attached hydrogen (secondary N) is 2. The predicted octanol–water partition coefficient (Wildman–Crippen LogP) is 5.17. The van der Waals surface area contributed by atoms with Crippen LogP contribution in [0.15, 0.2) is 30.3 Å². The Hall–Kier alpha value is -2.12. The van der Waals surface area contributed by atoms with Crippen LogP contribution in [0.2, 0.25) is 5.02 Å². The van der Waals surface area contributed by atoms with Gasteiger partial charge in [-0.25, -0.2) is 0 Å². The van der Waals surface area contributed by atoms with E-state index in [-0.39, 0.29) is 5.41 Å². The zero-order chi connectivity index (χ0) is 22.6. The maximum absolute atomic E-state index is 6.28. The Morgan fingerprint density at radius 2 is 2.06 bits per heavy atom. The zero-order valence-corrected chi connectivity index (χ0v) is 20.4. The molecule has 2 fully saturated rings. The fourth-order valence-corrected chi connectivity index (χ4v) is 5.32. The second-order valence-corrected chi connectivity index (χ2v) is 9.94. The van der Waals surface area contributed by atoms with E-state index in [0.29, 0.717) is 22.9 Å². The summed E-state index contributed by atoms with van der Waals surface area (Å²) in [6.45, 7) is 5.01. The van der Waals surface area contributed by atoms with Gasteiger partial charge in [-0.05, 0) is 61.5 Å². The number of benzene rings is 1. The average molecular weight is 474 g/mol. The molecule has 8 heteroatoms. The fraction of sp³-hybridized carbons (Fsp3) is 0.542. The summed E-state index contributed by atoms with van der Waals surface area (Å²) in [7, 11) is 1.63. The van der Waals surface area contributed by atoms with Crippen LogP contribution >= 0.6 is 23.8 Å². The first-order chi connectivity index (χ1) is 15.5. The summed E-state index contributed by atoms with van der Waals surface area (Å²) in [5.74, 6) is 2.51. The highest BCUT2D eigenvalue weighted by Crippen LogP contribution is 2.41. The molecule has 6 nitrogen and oxygen atoms in total. The third kappa shape index (κ3) is 5.44. The number of halogens is 1. The van der Waals surface area contributed by atoms with Gasteiger partial charge in [0.05, 0.1) is 7.11 Å². The maximum atomic E-state index is 6.28. The Morgan fingerprint density at radius 3 is 2.78 bits per heavy atom. The molecule has 32 heavy (non-hydrogen) atoms. The monoisotopic (exact) mass is 473 g/mol. The molecule has 0 bridgehead atoms. The van der Waals surface area contributed by atoms with Crippen molar-refractivity contribution < 1.29 is 4.74 Å². The first-order valence-corrected chi connectivity index (χ1v) is 12.2. The van der Waals surface area contributed by atoms with Crippen LogP contribution in [0.3, 0.4) is 0 Å². The lowest BCUT2D eigenvalue weighted by atomic mass is 9.79. The minimum Gasteiger partial charge on any atom is -0.481 e. The molecule has 0 spiro atoms. The van der Waals surface area contributed by atoms with Gasteiger partial charge in [0.15, 0.2) is 5.11 Å². The van der Waals surface area contributed by atoms with E-state index < -0.39 is 0 Å². The van der Waals surface area contributed by atoms with Crippen LogP contribution in [-0.4, -0.2) is 41.8 Å². The van der Waals surface area contributed by atoms with Gasteiger partial charge in [-0.2, -0.15) is 9.97 Å². The van der Waals surface area contributed by atoms with Gasteiger partial charge < -0.3 is 20.3 Å². The molecular formula is C24H32ClN5OS. The SMILES string of the molecule is COc1cc(N2CCC[C@@H](C)C2)nc(NC(=S)NCC2(c3cccc(Cl)c3)CCCC2)n1. The summed E-state index contributed by atoms with van der Waals surface area (Å²) < 4.78 is 5.43. The highest BCUT2D eigenvalue weighted by atomic mass is 35.5. The average Bonchev–Trinajstić information content (AvgIpc) is 3.28. The lowest BCUT2D eigenvalue weighted by Crippen LogP contribution is -2.41. The minimum absolute atomic E-state index is 0.0426. The number of ether oxygens (including phenoxy) is 1. The number of thiocarbonyl (C=S) groups is 1. The van der Waals surface area contributed by atoms with E-state index in [1.54, 1.807) is 7.11 Å². The summed E-state index contributed by atoms with van der Waals surface area (Å²) in [5, 5.41) is 7.89. The third-order valence-corrected chi connectivity index (χ3v) is 7.17. The predicted molar refractivity (Wildman–Crippen MR) is 135 cm³/mol. The molecule has 1 aromatic carbocycles. The van der Waals surface area contributed by atoms with Gasteiger partial charge in [0.25, 0.3) is 0 Å². The van der Waals surface area contributed by atoms with E-state index in [2.05, 4.69) is 39.6 Å². The molecule has 2 aromatic rings. The first-order valence-electron chi connectivity index (χ1n) is 11.5. The van der Waals surface area contributed by atoms with Crippen LogP contribution in [0.25, 0.3) is 0 Å². The Balaban J connectivity index is 1.45. The van der Waals surface area contributed by atoms with E-state index in [9.17, 15) is 0 Å². The summed E-state index contributed by atoms with van der Waals surface area (Å²) in [6, 6.07) is 10.1. The topological polar surface area (TPSA) is 62.3 Å². The Labute approximate surface area is 201 Å². The van der Waals surface area contributed by atoms with Gasteiger partial charge in [-0.3, -0.25) is 0 Å². The minimum atomic E-state index is 0.0426. The van der Waals surface area contributed by atoms with Crippen molar-refractivity contribution in [3.8, 4) is 5.88 Å². The number of methoxy groups -OCH3 is 1. The third-order valence-electron chi connectivity index (χ3n) is 6.69. The number of rotatable bonds is 6. The van der Waals surface area contributed by atoms with Gasteiger partial charge in [0.1, 0.15) is 5.82 Å². The summed E-state index contributed by atoms with van der Waals surface area (Å²) >= 11 is 11.9. The number of aromatic nitrogens is 2. The van der Waals surface area contributed by atoms with Gasteiger partial charge in [-0.15, -0.1) is 0 Å². The van der Waals surface area contributed by atoms with Gasteiger partial charge in [0.2, 0.25) is 11.8 Å². The van der Waals surface area contributed by atoms with Crippen LogP contribution in [0.5, 0.6) is 5.88 Å². The van der Waals surface area contributed by atoms with Crippen LogP contribution < -0.4 is 20.3 Å². The van der Waals surface area contributed by atoms with Crippen molar-refractivity contribution in [2.45, 2.75) is 50.9 Å². The van der Waals surface area contributed by atoms with E-state index in [1.807, 2.05) is 18.2 Å². The first kappa shape index (κ1) is 23.1. The summed E-state index contributed by atoms with van der Waals surface area (Å²) in [4.78, 5) is 11.5. The van der Waals surface area contributed by atoms with Crippen molar-refractivity contribution in [3.05, 3.63) is 40.9 Å². The molecule has 0 amide bonds.